The quantitative estimate of drug-likeness (QED) is 0.837. The molecule has 18 heavy (non-hydrogen) atoms. The number of hydrogen-bond acceptors (Lipinski definition) is 3. The van der Waals surface area contributed by atoms with Gasteiger partial charge >= 0.3 is 0 Å². The molecule has 2 rings (SSSR count). The van der Waals surface area contributed by atoms with E-state index in [-0.39, 0.29) is 0 Å². The van der Waals surface area contributed by atoms with Crippen molar-refractivity contribution in [2.75, 3.05) is 25.5 Å². The first-order valence-electron chi connectivity index (χ1n) is 6.10. The van der Waals surface area contributed by atoms with Crippen LogP contribution in [0, 0.1) is 0 Å². The molecular weight excluding hydrogens is 266 g/mol. The zero-order chi connectivity index (χ0) is 13.1. The SMILES string of the molecule is CN1CCC(Nc2ccc(C(N)=S)cc2Cl)CC1. The van der Waals surface area contributed by atoms with Gasteiger partial charge in [-0.05, 0) is 51.2 Å². The van der Waals surface area contributed by atoms with Crippen LogP contribution in [-0.2, 0) is 0 Å². The van der Waals surface area contributed by atoms with Crippen molar-refractivity contribution in [3.05, 3.63) is 28.8 Å². The molecule has 0 radical (unpaired) electrons. The van der Waals surface area contributed by atoms with E-state index in [0.29, 0.717) is 16.1 Å². The van der Waals surface area contributed by atoms with Gasteiger partial charge in [0.1, 0.15) is 4.99 Å². The van der Waals surface area contributed by atoms with Crippen LogP contribution in [0.2, 0.25) is 5.02 Å². The van der Waals surface area contributed by atoms with Gasteiger partial charge < -0.3 is 16.0 Å². The van der Waals surface area contributed by atoms with Gasteiger partial charge in [0.25, 0.3) is 0 Å². The Hall–Kier alpha value is -0.840. The Morgan fingerprint density at radius 1 is 1.44 bits per heavy atom. The highest BCUT2D eigenvalue weighted by Gasteiger charge is 2.17. The lowest BCUT2D eigenvalue weighted by molar-refractivity contribution is 0.264. The summed E-state index contributed by atoms with van der Waals surface area (Å²) in [5.74, 6) is 0. The number of anilines is 1. The summed E-state index contributed by atoms with van der Waals surface area (Å²) in [5.41, 5.74) is 7.35. The second kappa shape index (κ2) is 5.87. The summed E-state index contributed by atoms with van der Waals surface area (Å²) < 4.78 is 0. The van der Waals surface area contributed by atoms with E-state index >= 15 is 0 Å². The lowest BCUT2D eigenvalue weighted by atomic mass is 10.0. The molecule has 0 saturated carbocycles. The zero-order valence-electron chi connectivity index (χ0n) is 10.4. The Balaban J connectivity index is 2.03. The van der Waals surface area contributed by atoms with Gasteiger partial charge in [0.2, 0.25) is 0 Å². The Labute approximate surface area is 118 Å². The Morgan fingerprint density at radius 2 is 2.11 bits per heavy atom. The third-order valence-corrected chi connectivity index (χ3v) is 3.88. The zero-order valence-corrected chi connectivity index (χ0v) is 12.0. The molecule has 0 bridgehead atoms. The monoisotopic (exact) mass is 283 g/mol. The van der Waals surface area contributed by atoms with E-state index in [2.05, 4.69) is 17.3 Å². The van der Waals surface area contributed by atoms with Crippen molar-refractivity contribution in [2.45, 2.75) is 18.9 Å². The minimum Gasteiger partial charge on any atom is -0.389 e. The summed E-state index contributed by atoms with van der Waals surface area (Å²) in [6, 6.07) is 6.18. The molecule has 0 aliphatic carbocycles. The average molecular weight is 284 g/mol. The summed E-state index contributed by atoms with van der Waals surface area (Å²) in [5, 5.41) is 4.17. The first kappa shape index (κ1) is 13.6. The first-order valence-corrected chi connectivity index (χ1v) is 6.89. The van der Waals surface area contributed by atoms with E-state index in [4.69, 9.17) is 29.6 Å². The van der Waals surface area contributed by atoms with Crippen LogP contribution in [0.25, 0.3) is 0 Å². The molecule has 0 amide bonds. The van der Waals surface area contributed by atoms with Gasteiger partial charge in [0.15, 0.2) is 0 Å². The summed E-state index contributed by atoms with van der Waals surface area (Å²) in [6.07, 6.45) is 2.29. The Bertz CT molecular complexity index is 442. The van der Waals surface area contributed by atoms with Gasteiger partial charge in [-0.3, -0.25) is 0 Å². The molecule has 1 aliphatic heterocycles. The topological polar surface area (TPSA) is 41.3 Å². The molecule has 3 nitrogen and oxygen atoms in total. The minimum absolute atomic E-state index is 0.378. The molecule has 1 aromatic carbocycles. The van der Waals surface area contributed by atoms with Crippen molar-refractivity contribution in [3.63, 3.8) is 0 Å². The normalized spacial score (nSPS) is 17.7. The maximum atomic E-state index is 6.23. The third kappa shape index (κ3) is 3.34. The van der Waals surface area contributed by atoms with Gasteiger partial charge in [-0.15, -0.1) is 0 Å². The fourth-order valence-electron chi connectivity index (χ4n) is 2.16. The largest absolute Gasteiger partial charge is 0.389 e. The number of nitrogens with zero attached hydrogens (tertiary/aromatic N) is 1. The fraction of sp³-hybridized carbons (Fsp3) is 0.462. The number of rotatable bonds is 3. The number of thiocarbonyl (C=S) groups is 1. The maximum Gasteiger partial charge on any atom is 0.104 e. The van der Waals surface area contributed by atoms with Crippen LogP contribution in [0.5, 0.6) is 0 Å². The molecule has 1 heterocycles. The molecule has 3 N–H and O–H groups in total. The number of piperidine rings is 1. The van der Waals surface area contributed by atoms with E-state index in [0.717, 1.165) is 37.2 Å². The van der Waals surface area contributed by atoms with Crippen molar-refractivity contribution in [2.24, 2.45) is 5.73 Å². The predicted molar refractivity (Wildman–Crippen MR) is 81.5 cm³/mol. The third-order valence-electron chi connectivity index (χ3n) is 3.33. The number of halogens is 1. The second-order valence-electron chi connectivity index (χ2n) is 4.78. The van der Waals surface area contributed by atoms with E-state index in [1.165, 1.54) is 0 Å². The highest BCUT2D eigenvalue weighted by molar-refractivity contribution is 7.80. The van der Waals surface area contributed by atoms with Crippen LogP contribution in [-0.4, -0.2) is 36.1 Å². The van der Waals surface area contributed by atoms with Crippen LogP contribution >= 0.6 is 23.8 Å². The number of nitrogens with one attached hydrogen (secondary N) is 1. The van der Waals surface area contributed by atoms with E-state index in [1.807, 2.05) is 18.2 Å². The molecular formula is C13H18ClN3S. The Kier molecular flexibility index (Phi) is 4.43. The van der Waals surface area contributed by atoms with Crippen LogP contribution in [0.3, 0.4) is 0 Å². The molecule has 1 aliphatic rings. The standard InChI is InChI=1S/C13H18ClN3S/c1-17-6-4-10(5-7-17)16-12-3-2-9(13(15)18)8-11(12)14/h2-3,8,10,16H,4-7H2,1H3,(H2,15,18). The summed E-state index contributed by atoms with van der Waals surface area (Å²) >= 11 is 11.2. The van der Waals surface area contributed by atoms with E-state index < -0.39 is 0 Å². The first-order chi connectivity index (χ1) is 8.56. The molecule has 0 unspecified atom stereocenters. The molecule has 0 spiro atoms. The highest BCUT2D eigenvalue weighted by atomic mass is 35.5. The van der Waals surface area contributed by atoms with Gasteiger partial charge in [0.05, 0.1) is 10.7 Å². The predicted octanol–water partition coefficient (Wildman–Crippen LogP) is 2.48. The lowest BCUT2D eigenvalue weighted by Gasteiger charge is -2.30. The molecule has 1 fully saturated rings. The van der Waals surface area contributed by atoms with Crippen LogP contribution < -0.4 is 11.1 Å². The average Bonchev–Trinajstić information content (AvgIpc) is 2.34. The summed E-state index contributed by atoms with van der Waals surface area (Å²) in [7, 11) is 2.15. The van der Waals surface area contributed by atoms with Crippen molar-refractivity contribution in [1.29, 1.82) is 0 Å². The van der Waals surface area contributed by atoms with E-state index in [1.54, 1.807) is 0 Å². The fourth-order valence-corrected chi connectivity index (χ4v) is 2.52. The van der Waals surface area contributed by atoms with Gasteiger partial charge in [0, 0.05) is 11.6 Å². The smallest absolute Gasteiger partial charge is 0.104 e. The summed E-state index contributed by atoms with van der Waals surface area (Å²) in [4.78, 5) is 2.72. The van der Waals surface area contributed by atoms with Crippen molar-refractivity contribution < 1.29 is 0 Å². The van der Waals surface area contributed by atoms with E-state index in [9.17, 15) is 0 Å². The lowest BCUT2D eigenvalue weighted by Crippen LogP contribution is -2.36. The molecule has 98 valence electrons. The van der Waals surface area contributed by atoms with Gasteiger partial charge in [-0.1, -0.05) is 23.8 Å². The Morgan fingerprint density at radius 3 is 2.67 bits per heavy atom. The molecule has 1 aromatic rings. The highest BCUT2D eigenvalue weighted by Crippen LogP contribution is 2.25. The van der Waals surface area contributed by atoms with Crippen LogP contribution in [0.1, 0.15) is 18.4 Å². The number of benzene rings is 1. The van der Waals surface area contributed by atoms with Crippen molar-refractivity contribution >= 4 is 34.5 Å². The second-order valence-corrected chi connectivity index (χ2v) is 5.63. The summed E-state index contributed by atoms with van der Waals surface area (Å²) in [6.45, 7) is 2.25. The van der Waals surface area contributed by atoms with Crippen molar-refractivity contribution in [3.8, 4) is 0 Å². The maximum absolute atomic E-state index is 6.23. The van der Waals surface area contributed by atoms with Crippen LogP contribution in [0.4, 0.5) is 5.69 Å². The number of nitrogens with two attached hydrogens (primary N) is 1. The number of hydrogen-bond donors (Lipinski definition) is 2. The minimum atomic E-state index is 0.378. The molecule has 1 saturated heterocycles. The van der Waals surface area contributed by atoms with Crippen molar-refractivity contribution in [1.82, 2.24) is 4.90 Å². The van der Waals surface area contributed by atoms with Gasteiger partial charge in [-0.25, -0.2) is 0 Å². The van der Waals surface area contributed by atoms with Crippen LogP contribution in [0.15, 0.2) is 18.2 Å². The number of likely N-dealkylation sites (tertiary alicyclic amines) is 1. The molecule has 0 atom stereocenters. The molecule has 5 heteroatoms. The van der Waals surface area contributed by atoms with Gasteiger partial charge in [-0.2, -0.15) is 0 Å². The molecule has 0 aromatic heterocycles.